The van der Waals surface area contributed by atoms with Gasteiger partial charge in [-0.3, -0.25) is 9.59 Å². The van der Waals surface area contributed by atoms with Crippen molar-refractivity contribution >= 4 is 27.6 Å². The molecule has 1 amide bonds. The van der Waals surface area contributed by atoms with Crippen LogP contribution in [0.5, 0.6) is 0 Å². The lowest BCUT2D eigenvalue weighted by Crippen LogP contribution is -3.17. The molecule has 0 spiro atoms. The zero-order chi connectivity index (χ0) is 20.9. The smallest absolute Gasteiger partial charge is 0.309 e. The minimum absolute atomic E-state index is 0.0908. The molecule has 1 saturated heterocycles. The number of piperidine rings is 1. The van der Waals surface area contributed by atoms with Gasteiger partial charge in [-0.25, -0.2) is 12.7 Å². The molecule has 28 heavy (non-hydrogen) atoms. The molecule has 0 unspecified atom stereocenters. The van der Waals surface area contributed by atoms with Gasteiger partial charge in [0.2, 0.25) is 10.0 Å². The van der Waals surface area contributed by atoms with Crippen molar-refractivity contribution in [1.82, 2.24) is 4.31 Å². The van der Waals surface area contributed by atoms with Gasteiger partial charge in [-0.05, 0) is 32.0 Å². The number of hydrogen-bond acceptors (Lipinski definition) is 5. The number of carbonyl (C=O) groups excluding carboxylic acids is 2. The van der Waals surface area contributed by atoms with Gasteiger partial charge in [0.05, 0.1) is 30.5 Å². The van der Waals surface area contributed by atoms with E-state index < -0.39 is 10.0 Å². The molecule has 8 nitrogen and oxygen atoms in total. The molecule has 0 saturated carbocycles. The van der Waals surface area contributed by atoms with Crippen LogP contribution in [0.2, 0.25) is 0 Å². The number of benzene rings is 1. The molecule has 0 aliphatic carbocycles. The van der Waals surface area contributed by atoms with Crippen molar-refractivity contribution in [1.29, 1.82) is 0 Å². The fourth-order valence-electron chi connectivity index (χ4n) is 3.30. The van der Waals surface area contributed by atoms with Crippen LogP contribution in [0.25, 0.3) is 0 Å². The molecule has 0 radical (unpaired) electrons. The number of anilines is 1. The molecule has 1 aromatic carbocycles. The van der Waals surface area contributed by atoms with Crippen LogP contribution in [0.1, 0.15) is 26.7 Å². The first-order valence-corrected chi connectivity index (χ1v) is 11.0. The summed E-state index contributed by atoms with van der Waals surface area (Å²) in [6.45, 7) is 5.45. The Balaban J connectivity index is 1.97. The number of ether oxygens (including phenoxy) is 1. The number of quaternary nitrogens is 1. The lowest BCUT2D eigenvalue weighted by molar-refractivity contribution is -0.919. The van der Waals surface area contributed by atoms with Crippen molar-refractivity contribution < 1.29 is 27.6 Å². The highest BCUT2D eigenvalue weighted by Crippen LogP contribution is 2.18. The van der Waals surface area contributed by atoms with Crippen molar-refractivity contribution in [2.45, 2.75) is 37.6 Å². The molecule has 1 aromatic rings. The molecule has 9 heteroatoms. The maximum Gasteiger partial charge on any atom is 0.309 e. The van der Waals surface area contributed by atoms with Crippen LogP contribution < -0.4 is 10.2 Å². The van der Waals surface area contributed by atoms with E-state index in [4.69, 9.17) is 4.74 Å². The number of hydrogen-bond donors (Lipinski definition) is 2. The predicted octanol–water partition coefficient (Wildman–Crippen LogP) is 0.122. The topological polar surface area (TPSA) is 97.2 Å². The first kappa shape index (κ1) is 22.3. The second kappa shape index (κ2) is 9.49. The summed E-state index contributed by atoms with van der Waals surface area (Å²) in [6, 6.07) is 5.93. The van der Waals surface area contributed by atoms with Crippen molar-refractivity contribution in [2.75, 3.05) is 39.1 Å². The Bertz CT molecular complexity index is 802. The largest absolute Gasteiger partial charge is 0.466 e. The lowest BCUT2D eigenvalue weighted by Gasteiger charge is -2.31. The van der Waals surface area contributed by atoms with Gasteiger partial charge in [-0.1, -0.05) is 6.07 Å². The van der Waals surface area contributed by atoms with Gasteiger partial charge in [0.15, 0.2) is 6.04 Å². The summed E-state index contributed by atoms with van der Waals surface area (Å²) in [4.78, 5) is 25.7. The number of sulfonamides is 1. The summed E-state index contributed by atoms with van der Waals surface area (Å²) in [5.74, 6) is -0.423. The van der Waals surface area contributed by atoms with Crippen LogP contribution in [-0.2, 0) is 24.3 Å². The highest BCUT2D eigenvalue weighted by atomic mass is 32.2. The fraction of sp³-hybridized carbons (Fsp3) is 0.579. The summed E-state index contributed by atoms with van der Waals surface area (Å²) in [6.07, 6.45) is 1.39. The van der Waals surface area contributed by atoms with E-state index >= 15 is 0 Å². The molecule has 2 N–H and O–H groups in total. The van der Waals surface area contributed by atoms with E-state index in [0.717, 1.165) is 9.21 Å². The molecule has 1 aliphatic heterocycles. The summed E-state index contributed by atoms with van der Waals surface area (Å²) in [7, 11) is -0.634. The van der Waals surface area contributed by atoms with E-state index in [1.54, 1.807) is 19.1 Å². The van der Waals surface area contributed by atoms with Gasteiger partial charge in [-0.2, -0.15) is 0 Å². The zero-order valence-electron chi connectivity index (χ0n) is 16.9. The third-order valence-electron chi connectivity index (χ3n) is 5.13. The molecule has 156 valence electrons. The normalized spacial score (nSPS) is 21.2. The van der Waals surface area contributed by atoms with Gasteiger partial charge < -0.3 is 15.0 Å². The van der Waals surface area contributed by atoms with Gasteiger partial charge >= 0.3 is 5.97 Å². The van der Waals surface area contributed by atoms with Crippen LogP contribution in [0.3, 0.4) is 0 Å². The highest BCUT2D eigenvalue weighted by Gasteiger charge is 2.33. The molecule has 0 bridgehead atoms. The number of amides is 1. The number of carbonyl (C=O) groups is 2. The van der Waals surface area contributed by atoms with Crippen LogP contribution >= 0.6 is 0 Å². The molecular formula is C19H30N3O5S+. The number of nitrogens with zero attached hydrogens (tertiary/aromatic N) is 1. The SMILES string of the molecule is CCOC(=O)C1CC[NH+]([C@@H](C)C(=O)Nc2cccc(S(=O)(=O)N(C)C)c2)CC1. The van der Waals surface area contributed by atoms with Crippen LogP contribution in [0, 0.1) is 5.92 Å². The number of rotatable bonds is 7. The third-order valence-corrected chi connectivity index (χ3v) is 6.94. The second-order valence-electron chi connectivity index (χ2n) is 7.21. The van der Waals surface area contributed by atoms with Crippen molar-refractivity contribution in [3.05, 3.63) is 24.3 Å². The summed E-state index contributed by atoms with van der Waals surface area (Å²) in [5, 5.41) is 2.81. The van der Waals surface area contributed by atoms with E-state index in [1.165, 1.54) is 26.2 Å². The minimum Gasteiger partial charge on any atom is -0.466 e. The maximum atomic E-state index is 12.6. The summed E-state index contributed by atoms with van der Waals surface area (Å²) in [5.41, 5.74) is 0.445. The van der Waals surface area contributed by atoms with Gasteiger partial charge in [0.25, 0.3) is 5.91 Å². The molecule has 0 aromatic heterocycles. The summed E-state index contributed by atoms with van der Waals surface area (Å²) >= 11 is 0. The van der Waals surface area contributed by atoms with Crippen molar-refractivity contribution in [3.8, 4) is 0 Å². The average molecular weight is 413 g/mol. The minimum atomic E-state index is -3.56. The third kappa shape index (κ3) is 5.30. The monoisotopic (exact) mass is 412 g/mol. The van der Waals surface area contributed by atoms with Crippen molar-refractivity contribution in [3.63, 3.8) is 0 Å². The summed E-state index contributed by atoms with van der Waals surface area (Å²) < 4.78 is 30.7. The Morgan fingerprint density at radius 1 is 1.29 bits per heavy atom. The average Bonchev–Trinajstić information content (AvgIpc) is 2.67. The van der Waals surface area contributed by atoms with E-state index in [1.807, 2.05) is 6.92 Å². The fourth-order valence-corrected chi connectivity index (χ4v) is 4.25. The molecule has 1 atom stereocenters. The van der Waals surface area contributed by atoms with Gasteiger partial charge in [0.1, 0.15) is 0 Å². The van der Waals surface area contributed by atoms with E-state index in [9.17, 15) is 18.0 Å². The number of nitrogens with one attached hydrogen (secondary N) is 2. The predicted molar refractivity (Wildman–Crippen MR) is 105 cm³/mol. The first-order chi connectivity index (χ1) is 13.2. The molecule has 1 aliphatic rings. The standard InChI is InChI=1S/C19H29N3O5S/c1-5-27-19(24)15-9-11-22(12-10-15)14(2)18(23)20-16-7-6-8-17(13-16)28(25,26)21(3)4/h6-8,13-15H,5,9-12H2,1-4H3,(H,20,23)/p+1/t14-/m0/s1. The van der Waals surface area contributed by atoms with Crippen LogP contribution in [0.15, 0.2) is 29.2 Å². The zero-order valence-corrected chi connectivity index (χ0v) is 17.7. The molecular weight excluding hydrogens is 382 g/mol. The van der Waals surface area contributed by atoms with Gasteiger partial charge in [0, 0.05) is 32.6 Å². The van der Waals surface area contributed by atoms with Gasteiger partial charge in [-0.15, -0.1) is 0 Å². The Labute approximate surface area is 166 Å². The van der Waals surface area contributed by atoms with E-state index in [2.05, 4.69) is 5.32 Å². The van der Waals surface area contributed by atoms with E-state index in [0.29, 0.717) is 38.2 Å². The Hall–Kier alpha value is -1.97. The lowest BCUT2D eigenvalue weighted by atomic mass is 9.96. The first-order valence-electron chi connectivity index (χ1n) is 9.51. The quantitative estimate of drug-likeness (QED) is 0.620. The molecule has 2 rings (SSSR count). The molecule has 1 heterocycles. The Morgan fingerprint density at radius 3 is 2.50 bits per heavy atom. The molecule has 1 fully saturated rings. The Morgan fingerprint density at radius 2 is 1.93 bits per heavy atom. The number of esters is 1. The highest BCUT2D eigenvalue weighted by molar-refractivity contribution is 7.89. The second-order valence-corrected chi connectivity index (χ2v) is 9.36. The maximum absolute atomic E-state index is 12.6. The number of likely N-dealkylation sites (tertiary alicyclic amines) is 1. The van der Waals surface area contributed by atoms with Crippen molar-refractivity contribution in [2.24, 2.45) is 5.92 Å². The Kier molecular flexibility index (Phi) is 7.56. The van der Waals surface area contributed by atoms with Crippen LogP contribution in [0.4, 0.5) is 5.69 Å². The van der Waals surface area contributed by atoms with Crippen LogP contribution in [-0.4, -0.2) is 64.4 Å². The van der Waals surface area contributed by atoms with E-state index in [-0.39, 0.29) is 28.7 Å².